The third-order valence-corrected chi connectivity index (χ3v) is 5.97. The zero-order valence-electron chi connectivity index (χ0n) is 15.8. The second-order valence-corrected chi connectivity index (χ2v) is 8.01. The first-order valence-electron chi connectivity index (χ1n) is 8.86. The van der Waals surface area contributed by atoms with Gasteiger partial charge in [0, 0.05) is 18.5 Å². The lowest BCUT2D eigenvalue weighted by molar-refractivity contribution is 0.354. The molecule has 3 aromatic rings. The molecule has 0 unspecified atom stereocenters. The van der Waals surface area contributed by atoms with Gasteiger partial charge in [-0.3, -0.25) is 0 Å². The van der Waals surface area contributed by atoms with Crippen LogP contribution in [0.25, 0.3) is 0 Å². The number of methoxy groups -OCH3 is 2. The van der Waals surface area contributed by atoms with Gasteiger partial charge >= 0.3 is 0 Å². The summed E-state index contributed by atoms with van der Waals surface area (Å²) < 4.78 is 38.9. The van der Waals surface area contributed by atoms with E-state index in [4.69, 9.17) is 9.47 Å². The minimum atomic E-state index is -3.71. The summed E-state index contributed by atoms with van der Waals surface area (Å²) in [6, 6.07) is 24.3. The van der Waals surface area contributed by atoms with E-state index in [-0.39, 0.29) is 17.4 Å². The van der Waals surface area contributed by atoms with Gasteiger partial charge in [0.25, 0.3) is 0 Å². The number of benzene rings is 3. The molecule has 3 aromatic carbocycles. The van der Waals surface area contributed by atoms with Crippen LogP contribution in [0.4, 0.5) is 0 Å². The summed E-state index contributed by atoms with van der Waals surface area (Å²) in [7, 11) is -0.731. The second kappa shape index (κ2) is 8.91. The molecule has 0 aromatic heterocycles. The predicted molar refractivity (Wildman–Crippen MR) is 109 cm³/mol. The maximum absolute atomic E-state index is 12.9. The van der Waals surface area contributed by atoms with Crippen molar-refractivity contribution >= 4 is 10.0 Å². The Hall–Kier alpha value is -2.83. The van der Waals surface area contributed by atoms with Crippen molar-refractivity contribution in [1.29, 1.82) is 0 Å². The maximum Gasteiger partial charge on any atom is 0.240 e. The maximum atomic E-state index is 12.9. The number of sulfonamides is 1. The Kier molecular flexibility index (Phi) is 6.34. The minimum absolute atomic E-state index is 0.0997. The van der Waals surface area contributed by atoms with E-state index in [1.54, 1.807) is 6.07 Å². The van der Waals surface area contributed by atoms with Gasteiger partial charge in [-0.05, 0) is 23.3 Å². The third kappa shape index (κ3) is 4.52. The molecule has 0 atom stereocenters. The molecule has 0 fully saturated rings. The van der Waals surface area contributed by atoms with Crippen LogP contribution < -0.4 is 14.2 Å². The summed E-state index contributed by atoms with van der Waals surface area (Å²) >= 11 is 0. The number of hydrogen-bond donors (Lipinski definition) is 1. The Morgan fingerprint density at radius 3 is 1.82 bits per heavy atom. The van der Waals surface area contributed by atoms with Gasteiger partial charge in [0.2, 0.25) is 10.0 Å². The van der Waals surface area contributed by atoms with Crippen LogP contribution in [-0.2, 0) is 10.0 Å². The SMILES string of the molecule is COc1ccc(S(=O)(=O)NCC(c2ccccc2)c2ccccc2)cc1OC. The fourth-order valence-corrected chi connectivity index (χ4v) is 4.12. The van der Waals surface area contributed by atoms with E-state index in [0.717, 1.165) is 11.1 Å². The lowest BCUT2D eigenvalue weighted by atomic mass is 9.92. The molecule has 5 nitrogen and oxygen atoms in total. The van der Waals surface area contributed by atoms with E-state index in [9.17, 15) is 8.42 Å². The summed E-state index contributed by atoms with van der Waals surface area (Å²) in [6.07, 6.45) is 0. The molecule has 6 heteroatoms. The summed E-state index contributed by atoms with van der Waals surface area (Å²) in [5, 5.41) is 0. The average molecular weight is 397 g/mol. The molecule has 28 heavy (non-hydrogen) atoms. The van der Waals surface area contributed by atoms with Crippen molar-refractivity contribution in [3.63, 3.8) is 0 Å². The topological polar surface area (TPSA) is 64.6 Å². The number of hydrogen-bond acceptors (Lipinski definition) is 4. The first kappa shape index (κ1) is 19.9. The number of rotatable bonds is 8. The average Bonchev–Trinajstić information content (AvgIpc) is 2.74. The molecule has 0 aliphatic rings. The van der Waals surface area contributed by atoms with Crippen molar-refractivity contribution in [3.8, 4) is 11.5 Å². The molecule has 0 radical (unpaired) electrons. The highest BCUT2D eigenvalue weighted by Gasteiger charge is 2.21. The van der Waals surface area contributed by atoms with Gasteiger partial charge in [0.15, 0.2) is 11.5 Å². The Bertz CT molecular complexity index is 966. The highest BCUT2D eigenvalue weighted by atomic mass is 32.2. The molecule has 0 bridgehead atoms. The van der Waals surface area contributed by atoms with Crippen molar-refractivity contribution in [2.45, 2.75) is 10.8 Å². The molecule has 146 valence electrons. The van der Waals surface area contributed by atoms with Crippen molar-refractivity contribution in [1.82, 2.24) is 4.72 Å². The lowest BCUT2D eigenvalue weighted by Crippen LogP contribution is -2.29. The van der Waals surface area contributed by atoms with Gasteiger partial charge in [-0.25, -0.2) is 13.1 Å². The van der Waals surface area contributed by atoms with Crippen LogP contribution in [0.3, 0.4) is 0 Å². The lowest BCUT2D eigenvalue weighted by Gasteiger charge is -2.19. The van der Waals surface area contributed by atoms with Crippen molar-refractivity contribution in [2.75, 3.05) is 20.8 Å². The minimum Gasteiger partial charge on any atom is -0.493 e. The number of nitrogens with one attached hydrogen (secondary N) is 1. The zero-order chi connectivity index (χ0) is 20.0. The van der Waals surface area contributed by atoms with E-state index in [1.807, 2.05) is 60.7 Å². The molecule has 0 aliphatic heterocycles. The van der Waals surface area contributed by atoms with Crippen LogP contribution in [-0.4, -0.2) is 29.2 Å². The largest absolute Gasteiger partial charge is 0.493 e. The molecule has 0 heterocycles. The molecular formula is C22H23NO4S. The first-order valence-corrected chi connectivity index (χ1v) is 10.3. The van der Waals surface area contributed by atoms with E-state index in [1.165, 1.54) is 26.4 Å². The number of ether oxygens (including phenoxy) is 2. The van der Waals surface area contributed by atoms with Gasteiger partial charge in [-0.2, -0.15) is 0 Å². The highest BCUT2D eigenvalue weighted by Crippen LogP contribution is 2.30. The molecule has 0 saturated heterocycles. The van der Waals surface area contributed by atoms with Crippen molar-refractivity contribution in [2.24, 2.45) is 0 Å². The smallest absolute Gasteiger partial charge is 0.240 e. The highest BCUT2D eigenvalue weighted by molar-refractivity contribution is 7.89. The van der Waals surface area contributed by atoms with Crippen LogP contribution in [0.2, 0.25) is 0 Å². The van der Waals surface area contributed by atoms with E-state index in [0.29, 0.717) is 11.5 Å². The molecule has 1 N–H and O–H groups in total. The third-order valence-electron chi connectivity index (χ3n) is 4.55. The Labute approximate surface area is 166 Å². The summed E-state index contributed by atoms with van der Waals surface area (Å²) in [6.45, 7) is 0.241. The fraction of sp³-hybridized carbons (Fsp3) is 0.182. The van der Waals surface area contributed by atoms with Crippen molar-refractivity contribution < 1.29 is 17.9 Å². The summed E-state index contributed by atoms with van der Waals surface area (Å²) in [5.41, 5.74) is 2.09. The summed E-state index contributed by atoms with van der Waals surface area (Å²) in [5.74, 6) is 0.748. The second-order valence-electron chi connectivity index (χ2n) is 6.24. The standard InChI is InChI=1S/C22H23NO4S/c1-26-21-14-13-19(15-22(21)27-2)28(24,25)23-16-20(17-9-5-3-6-10-17)18-11-7-4-8-12-18/h3-15,20,23H,16H2,1-2H3. The summed E-state index contributed by atoms with van der Waals surface area (Å²) in [4.78, 5) is 0.130. The predicted octanol–water partition coefficient (Wildman–Crippen LogP) is 3.81. The molecule has 0 saturated carbocycles. The van der Waals surface area contributed by atoms with E-state index < -0.39 is 10.0 Å². The Balaban J connectivity index is 1.86. The monoisotopic (exact) mass is 397 g/mol. The van der Waals surface area contributed by atoms with Gasteiger partial charge in [-0.1, -0.05) is 60.7 Å². The quantitative estimate of drug-likeness (QED) is 0.628. The molecule has 0 spiro atoms. The molecule has 3 rings (SSSR count). The van der Waals surface area contributed by atoms with Crippen LogP contribution in [0, 0.1) is 0 Å². The van der Waals surface area contributed by atoms with Crippen LogP contribution in [0.15, 0.2) is 83.8 Å². The zero-order valence-corrected chi connectivity index (χ0v) is 16.6. The van der Waals surface area contributed by atoms with Crippen LogP contribution in [0.1, 0.15) is 17.0 Å². The molecule has 0 aliphatic carbocycles. The Morgan fingerprint density at radius 1 is 0.786 bits per heavy atom. The van der Waals surface area contributed by atoms with E-state index >= 15 is 0 Å². The Morgan fingerprint density at radius 2 is 1.32 bits per heavy atom. The van der Waals surface area contributed by atoms with Crippen LogP contribution in [0.5, 0.6) is 11.5 Å². The molecule has 0 amide bonds. The van der Waals surface area contributed by atoms with Gasteiger partial charge in [0.1, 0.15) is 0 Å². The van der Waals surface area contributed by atoms with Crippen LogP contribution >= 0.6 is 0 Å². The first-order chi connectivity index (χ1) is 13.5. The van der Waals surface area contributed by atoms with Gasteiger partial charge in [-0.15, -0.1) is 0 Å². The normalized spacial score (nSPS) is 11.4. The van der Waals surface area contributed by atoms with Crippen molar-refractivity contribution in [3.05, 3.63) is 90.0 Å². The van der Waals surface area contributed by atoms with Gasteiger partial charge < -0.3 is 9.47 Å². The fourth-order valence-electron chi connectivity index (χ4n) is 3.06. The van der Waals surface area contributed by atoms with E-state index in [2.05, 4.69) is 4.72 Å². The molecular weight excluding hydrogens is 374 g/mol. The van der Waals surface area contributed by atoms with Gasteiger partial charge in [0.05, 0.1) is 19.1 Å².